The Labute approximate surface area is 87.9 Å². The summed E-state index contributed by atoms with van der Waals surface area (Å²) in [5, 5.41) is 52.2. The highest BCUT2D eigenvalue weighted by Crippen LogP contribution is 2.03. The average Bonchev–Trinajstić information content (AvgIpc) is 2.27. The van der Waals surface area contributed by atoms with Gasteiger partial charge >= 0.3 is 0 Å². The van der Waals surface area contributed by atoms with Gasteiger partial charge in [-0.2, -0.15) is 0 Å². The summed E-state index contributed by atoms with van der Waals surface area (Å²) in [6, 6.07) is 0. The van der Waals surface area contributed by atoms with Gasteiger partial charge in [-0.05, 0) is 0 Å². The van der Waals surface area contributed by atoms with Crippen LogP contribution in [0.4, 0.5) is 0 Å². The molecule has 0 heterocycles. The van der Waals surface area contributed by atoms with Crippen LogP contribution in [0.5, 0.6) is 0 Å². The molecular formula is C8H20O7. The Hall–Kier alpha value is -0.540. The molecule has 0 aromatic carbocycles. The number of aliphatic hydroxyl groups is 6. The maximum atomic E-state index is 8.96. The van der Waals surface area contributed by atoms with E-state index in [2.05, 4.69) is 13.2 Å². The molecule has 94 valence electrons. The molecule has 7 heteroatoms. The molecule has 0 aliphatic rings. The van der Waals surface area contributed by atoms with E-state index in [1.807, 2.05) is 0 Å². The van der Waals surface area contributed by atoms with Crippen molar-refractivity contribution in [2.24, 2.45) is 0 Å². The lowest BCUT2D eigenvalue weighted by atomic mass is 10.0. The van der Waals surface area contributed by atoms with Crippen LogP contribution in [0.15, 0.2) is 13.2 Å². The predicted octanol–water partition coefficient (Wildman–Crippen LogP) is -3.61. The van der Waals surface area contributed by atoms with E-state index in [9.17, 15) is 0 Å². The molecule has 4 unspecified atom stereocenters. The van der Waals surface area contributed by atoms with Crippen molar-refractivity contribution < 1.29 is 36.1 Å². The van der Waals surface area contributed by atoms with E-state index in [-0.39, 0.29) is 5.48 Å². The zero-order valence-corrected chi connectivity index (χ0v) is 8.32. The van der Waals surface area contributed by atoms with Gasteiger partial charge in [0.2, 0.25) is 0 Å². The first-order chi connectivity index (χ1) is 6.54. The summed E-state index contributed by atoms with van der Waals surface area (Å²) < 4.78 is 0. The minimum Gasteiger partial charge on any atom is -0.412 e. The van der Waals surface area contributed by atoms with Crippen LogP contribution >= 0.6 is 0 Å². The van der Waals surface area contributed by atoms with Crippen LogP contribution in [0.1, 0.15) is 0 Å². The summed E-state index contributed by atoms with van der Waals surface area (Å²) in [7, 11) is 0. The van der Waals surface area contributed by atoms with Crippen molar-refractivity contribution >= 4 is 0 Å². The predicted molar refractivity (Wildman–Crippen MR) is 53.1 cm³/mol. The lowest BCUT2D eigenvalue weighted by molar-refractivity contribution is -0.123. The van der Waals surface area contributed by atoms with Gasteiger partial charge < -0.3 is 36.1 Å². The molecule has 7 nitrogen and oxygen atoms in total. The topological polar surface area (TPSA) is 153 Å². The largest absolute Gasteiger partial charge is 0.412 e. The molecule has 0 amide bonds. The van der Waals surface area contributed by atoms with Gasteiger partial charge in [0.1, 0.15) is 24.4 Å². The Balaban J connectivity index is -0.000000449. The highest BCUT2D eigenvalue weighted by atomic mass is 16.4. The van der Waals surface area contributed by atoms with Crippen molar-refractivity contribution in [1.29, 1.82) is 0 Å². The Bertz CT molecular complexity index is 118. The third kappa shape index (κ3) is 7.40. The second-order valence-electron chi connectivity index (χ2n) is 2.48. The molecular weight excluding hydrogens is 208 g/mol. The molecule has 0 spiro atoms. The van der Waals surface area contributed by atoms with Crippen molar-refractivity contribution in [3.8, 4) is 0 Å². The van der Waals surface area contributed by atoms with E-state index in [4.69, 9.17) is 30.6 Å². The Morgan fingerprint density at radius 3 is 1.07 bits per heavy atom. The van der Waals surface area contributed by atoms with E-state index in [1.165, 1.54) is 0 Å². The normalized spacial score (nSPS) is 17.5. The maximum Gasteiger partial charge on any atom is 0.111 e. The van der Waals surface area contributed by atoms with Crippen LogP contribution in [-0.2, 0) is 0 Å². The first-order valence-corrected chi connectivity index (χ1v) is 3.98. The second-order valence-corrected chi connectivity index (χ2v) is 2.48. The van der Waals surface area contributed by atoms with Gasteiger partial charge in [0.05, 0.1) is 13.2 Å². The van der Waals surface area contributed by atoms with Gasteiger partial charge in [0.25, 0.3) is 0 Å². The van der Waals surface area contributed by atoms with E-state index >= 15 is 0 Å². The molecule has 0 aliphatic heterocycles. The van der Waals surface area contributed by atoms with E-state index in [0.29, 0.717) is 0 Å². The van der Waals surface area contributed by atoms with Gasteiger partial charge in [-0.1, -0.05) is 0 Å². The molecule has 0 aliphatic carbocycles. The smallest absolute Gasteiger partial charge is 0.111 e. The monoisotopic (exact) mass is 228 g/mol. The van der Waals surface area contributed by atoms with Crippen molar-refractivity contribution in [1.82, 2.24) is 0 Å². The van der Waals surface area contributed by atoms with Gasteiger partial charge in [0.15, 0.2) is 0 Å². The minimum absolute atomic E-state index is 0. The molecule has 0 aromatic heterocycles. The highest BCUT2D eigenvalue weighted by molar-refractivity contribution is 4.79. The first-order valence-electron chi connectivity index (χ1n) is 3.98. The lowest BCUT2D eigenvalue weighted by Gasteiger charge is -2.24. The summed E-state index contributed by atoms with van der Waals surface area (Å²) in [6.45, 7) is 4.55. The Kier molecular flexibility index (Phi) is 15.3. The molecule has 0 aromatic rings. The highest BCUT2D eigenvalue weighted by Gasteiger charge is 2.29. The zero-order valence-electron chi connectivity index (χ0n) is 8.32. The average molecular weight is 228 g/mol. The van der Waals surface area contributed by atoms with Crippen LogP contribution < -0.4 is 0 Å². The molecule has 0 saturated carbocycles. The first kappa shape index (κ1) is 19.9. The van der Waals surface area contributed by atoms with Crippen LogP contribution in [0.25, 0.3) is 0 Å². The van der Waals surface area contributed by atoms with E-state index < -0.39 is 37.6 Å². The minimum atomic E-state index is -1.67. The fourth-order valence-corrected chi connectivity index (χ4v) is 0.671. The van der Waals surface area contributed by atoms with Crippen molar-refractivity contribution in [3.05, 3.63) is 13.2 Å². The van der Waals surface area contributed by atoms with Crippen LogP contribution in [-0.4, -0.2) is 73.7 Å². The molecule has 8 N–H and O–H groups in total. The zero-order chi connectivity index (χ0) is 11.7. The van der Waals surface area contributed by atoms with Crippen LogP contribution in [0.3, 0.4) is 0 Å². The molecule has 4 atom stereocenters. The summed E-state index contributed by atoms with van der Waals surface area (Å²) >= 11 is 0. The second kappa shape index (κ2) is 11.5. The van der Waals surface area contributed by atoms with E-state index in [1.54, 1.807) is 0 Å². The van der Waals surface area contributed by atoms with Crippen LogP contribution in [0, 0.1) is 0 Å². The van der Waals surface area contributed by atoms with E-state index in [0.717, 1.165) is 0 Å². The third-order valence-electron chi connectivity index (χ3n) is 1.51. The molecule has 0 fully saturated rings. The molecule has 0 saturated heterocycles. The standard InChI is InChI=1S/C6H14O6.C2H4.H2O/c7-1-3(9)5(11)6(12)4(10)2-8;1-2;/h3-12H,1-2H2;1-2H2;1H2. The Morgan fingerprint density at radius 2 is 0.933 bits per heavy atom. The summed E-state index contributed by atoms with van der Waals surface area (Å²) in [4.78, 5) is 0. The van der Waals surface area contributed by atoms with Crippen LogP contribution in [0.2, 0.25) is 0 Å². The van der Waals surface area contributed by atoms with Gasteiger partial charge in [0, 0.05) is 0 Å². The number of hydrogen-bond acceptors (Lipinski definition) is 6. The summed E-state index contributed by atoms with van der Waals surface area (Å²) in [5.74, 6) is 0. The molecule has 0 radical (unpaired) electrons. The maximum absolute atomic E-state index is 8.96. The summed E-state index contributed by atoms with van der Waals surface area (Å²) in [6.07, 6.45) is -6.39. The van der Waals surface area contributed by atoms with Crippen molar-refractivity contribution in [2.75, 3.05) is 13.2 Å². The fraction of sp³-hybridized carbons (Fsp3) is 0.750. The fourth-order valence-electron chi connectivity index (χ4n) is 0.671. The summed E-state index contributed by atoms with van der Waals surface area (Å²) in [5.41, 5.74) is 0. The number of hydrogen-bond donors (Lipinski definition) is 6. The van der Waals surface area contributed by atoms with Gasteiger partial charge in [-0.3, -0.25) is 0 Å². The lowest BCUT2D eigenvalue weighted by Crippen LogP contribution is -2.46. The van der Waals surface area contributed by atoms with Gasteiger partial charge in [-0.25, -0.2) is 0 Å². The number of rotatable bonds is 5. The Morgan fingerprint density at radius 1 is 0.733 bits per heavy atom. The molecule has 0 rings (SSSR count). The number of aliphatic hydroxyl groups excluding tert-OH is 6. The van der Waals surface area contributed by atoms with Crippen molar-refractivity contribution in [2.45, 2.75) is 24.4 Å². The molecule has 0 bridgehead atoms. The molecule has 15 heavy (non-hydrogen) atoms. The SMILES string of the molecule is C=C.O.OCC(O)C(O)C(O)C(O)CO. The van der Waals surface area contributed by atoms with Crippen molar-refractivity contribution in [3.63, 3.8) is 0 Å². The third-order valence-corrected chi connectivity index (χ3v) is 1.51. The quantitative estimate of drug-likeness (QED) is 0.267. The van der Waals surface area contributed by atoms with Gasteiger partial charge in [-0.15, -0.1) is 13.2 Å².